The van der Waals surface area contributed by atoms with Crippen LogP contribution in [0, 0.1) is 6.92 Å². The molecule has 1 aromatic heterocycles. The summed E-state index contributed by atoms with van der Waals surface area (Å²) in [5, 5.41) is 9.15. The van der Waals surface area contributed by atoms with Crippen molar-refractivity contribution in [3.05, 3.63) is 41.7 Å². The van der Waals surface area contributed by atoms with E-state index >= 15 is 0 Å². The molecule has 1 atom stereocenters. The first-order valence-electron chi connectivity index (χ1n) is 8.15. The second-order valence-corrected chi connectivity index (χ2v) is 8.50. The highest BCUT2D eigenvalue weighted by atomic mass is 32.2. The fourth-order valence-electron chi connectivity index (χ4n) is 3.32. The van der Waals surface area contributed by atoms with E-state index in [1.165, 1.54) is 11.1 Å². The van der Waals surface area contributed by atoms with Gasteiger partial charge in [-0.05, 0) is 37.4 Å². The normalized spacial score (nSPS) is 19.5. The number of benzene rings is 1. The predicted octanol–water partition coefficient (Wildman–Crippen LogP) is 1.65. The summed E-state index contributed by atoms with van der Waals surface area (Å²) in [4.78, 5) is 2.18. The van der Waals surface area contributed by atoms with Gasteiger partial charge in [-0.25, -0.2) is 13.6 Å². The third-order valence-corrected chi connectivity index (χ3v) is 5.92. The maximum atomic E-state index is 11.7. The Balaban J connectivity index is 1.85. The summed E-state index contributed by atoms with van der Waals surface area (Å²) in [7, 11) is -1.57. The van der Waals surface area contributed by atoms with Crippen LogP contribution in [0.3, 0.4) is 0 Å². The van der Waals surface area contributed by atoms with Crippen molar-refractivity contribution < 1.29 is 8.42 Å². The lowest BCUT2D eigenvalue weighted by Gasteiger charge is -2.32. The first-order valence-corrected chi connectivity index (χ1v) is 9.76. The number of piperidine rings is 1. The summed E-state index contributed by atoms with van der Waals surface area (Å²) >= 11 is 0. The lowest BCUT2D eigenvalue weighted by Crippen LogP contribution is -2.44. The summed E-state index contributed by atoms with van der Waals surface area (Å²) in [6.45, 7) is 4.18. The SMILES string of the molecule is Cc1ccc(CN2CCCC(S(N)(=O)=O)C2)c(-c2cnn(C)c2)c1. The fourth-order valence-corrected chi connectivity index (χ4v) is 4.24. The summed E-state index contributed by atoms with van der Waals surface area (Å²) in [6.07, 6.45) is 5.37. The van der Waals surface area contributed by atoms with Gasteiger partial charge in [-0.1, -0.05) is 23.8 Å². The molecule has 2 aromatic rings. The second-order valence-electron chi connectivity index (χ2n) is 6.65. The molecular formula is C17H24N4O2S. The van der Waals surface area contributed by atoms with Crippen molar-refractivity contribution >= 4 is 10.0 Å². The fraction of sp³-hybridized carbons (Fsp3) is 0.471. The first-order chi connectivity index (χ1) is 11.3. The molecule has 0 saturated carbocycles. The van der Waals surface area contributed by atoms with Crippen molar-refractivity contribution in [2.24, 2.45) is 12.2 Å². The molecule has 2 N–H and O–H groups in total. The Morgan fingerprint density at radius 1 is 1.38 bits per heavy atom. The minimum atomic E-state index is -3.47. The molecular weight excluding hydrogens is 324 g/mol. The van der Waals surface area contributed by atoms with Crippen molar-refractivity contribution in [2.75, 3.05) is 13.1 Å². The molecule has 6 nitrogen and oxygen atoms in total. The summed E-state index contributed by atoms with van der Waals surface area (Å²) < 4.78 is 25.1. The van der Waals surface area contributed by atoms with Gasteiger partial charge in [0.25, 0.3) is 0 Å². The lowest BCUT2D eigenvalue weighted by atomic mass is 9.98. The van der Waals surface area contributed by atoms with Gasteiger partial charge in [0.15, 0.2) is 0 Å². The van der Waals surface area contributed by atoms with Crippen LogP contribution in [0.2, 0.25) is 0 Å². The van der Waals surface area contributed by atoms with Crippen molar-refractivity contribution in [1.29, 1.82) is 0 Å². The lowest BCUT2D eigenvalue weighted by molar-refractivity contribution is 0.222. The number of nitrogens with two attached hydrogens (primary N) is 1. The zero-order valence-electron chi connectivity index (χ0n) is 14.1. The Morgan fingerprint density at radius 3 is 2.83 bits per heavy atom. The minimum absolute atomic E-state index is 0.460. The van der Waals surface area contributed by atoms with E-state index in [0.717, 1.165) is 30.6 Å². The molecule has 2 heterocycles. The van der Waals surface area contributed by atoms with Gasteiger partial charge in [-0.2, -0.15) is 5.10 Å². The summed E-state index contributed by atoms with van der Waals surface area (Å²) in [6, 6.07) is 6.38. The maximum Gasteiger partial charge on any atom is 0.213 e. The third kappa shape index (κ3) is 3.85. The summed E-state index contributed by atoms with van der Waals surface area (Å²) in [5.41, 5.74) is 4.61. The molecule has 130 valence electrons. The molecule has 3 rings (SSSR count). The van der Waals surface area contributed by atoms with Crippen LogP contribution < -0.4 is 5.14 Å². The average Bonchev–Trinajstić information content (AvgIpc) is 2.95. The topological polar surface area (TPSA) is 81.2 Å². The molecule has 7 heteroatoms. The molecule has 1 fully saturated rings. The highest BCUT2D eigenvalue weighted by Crippen LogP contribution is 2.27. The Morgan fingerprint density at radius 2 is 2.17 bits per heavy atom. The molecule has 1 aliphatic heterocycles. The van der Waals surface area contributed by atoms with E-state index in [-0.39, 0.29) is 0 Å². The van der Waals surface area contributed by atoms with E-state index in [4.69, 9.17) is 5.14 Å². The van der Waals surface area contributed by atoms with Crippen molar-refractivity contribution in [3.63, 3.8) is 0 Å². The molecule has 24 heavy (non-hydrogen) atoms. The van der Waals surface area contributed by atoms with E-state index < -0.39 is 15.3 Å². The molecule has 1 saturated heterocycles. The van der Waals surface area contributed by atoms with Crippen LogP contribution in [0.15, 0.2) is 30.6 Å². The van der Waals surface area contributed by atoms with Crippen LogP contribution >= 0.6 is 0 Å². The van der Waals surface area contributed by atoms with Gasteiger partial charge in [0.05, 0.1) is 11.4 Å². The number of rotatable bonds is 4. The quantitative estimate of drug-likeness (QED) is 0.911. The third-order valence-electron chi connectivity index (χ3n) is 4.60. The Hall–Kier alpha value is -1.70. The maximum absolute atomic E-state index is 11.7. The number of hydrogen-bond acceptors (Lipinski definition) is 4. The number of aromatic nitrogens is 2. The molecule has 1 unspecified atom stereocenters. The van der Waals surface area contributed by atoms with Crippen molar-refractivity contribution in [1.82, 2.24) is 14.7 Å². The standard InChI is InChI=1S/C17H24N4O2S/c1-13-5-6-14(17(8-13)15-9-19-20(2)10-15)11-21-7-3-4-16(12-21)24(18,22)23/h5-6,8-10,16H,3-4,7,11-12H2,1-2H3,(H2,18,22,23). The first kappa shape index (κ1) is 17.1. The predicted molar refractivity (Wildman–Crippen MR) is 94.8 cm³/mol. The van der Waals surface area contributed by atoms with E-state index in [1.54, 1.807) is 4.68 Å². The highest BCUT2D eigenvalue weighted by molar-refractivity contribution is 7.89. The van der Waals surface area contributed by atoms with Gasteiger partial charge in [0.2, 0.25) is 10.0 Å². The number of likely N-dealkylation sites (tertiary alicyclic amines) is 1. The van der Waals surface area contributed by atoms with E-state index in [9.17, 15) is 8.42 Å². The molecule has 1 aromatic carbocycles. The van der Waals surface area contributed by atoms with Gasteiger partial charge in [-0.3, -0.25) is 9.58 Å². The van der Waals surface area contributed by atoms with Gasteiger partial charge >= 0.3 is 0 Å². The smallest absolute Gasteiger partial charge is 0.213 e. The van der Waals surface area contributed by atoms with Gasteiger partial charge in [-0.15, -0.1) is 0 Å². The number of sulfonamides is 1. The number of nitrogens with zero attached hydrogens (tertiary/aromatic N) is 3. The van der Waals surface area contributed by atoms with E-state index in [1.807, 2.05) is 19.4 Å². The molecule has 0 aliphatic carbocycles. The largest absolute Gasteiger partial charge is 0.298 e. The van der Waals surface area contributed by atoms with Crippen LogP contribution in [0.25, 0.3) is 11.1 Å². The van der Waals surface area contributed by atoms with Crippen LogP contribution in [-0.2, 0) is 23.6 Å². The van der Waals surface area contributed by atoms with Crippen LogP contribution in [0.5, 0.6) is 0 Å². The zero-order valence-corrected chi connectivity index (χ0v) is 15.0. The number of hydrogen-bond donors (Lipinski definition) is 1. The molecule has 0 radical (unpaired) electrons. The minimum Gasteiger partial charge on any atom is -0.298 e. The zero-order chi connectivity index (χ0) is 17.3. The van der Waals surface area contributed by atoms with Gasteiger partial charge < -0.3 is 0 Å². The van der Waals surface area contributed by atoms with E-state index in [0.29, 0.717) is 13.0 Å². The second kappa shape index (κ2) is 6.66. The molecule has 0 bridgehead atoms. The van der Waals surface area contributed by atoms with Gasteiger partial charge in [0.1, 0.15) is 0 Å². The van der Waals surface area contributed by atoms with Gasteiger partial charge in [0, 0.05) is 31.9 Å². The number of aryl methyl sites for hydroxylation is 2. The monoisotopic (exact) mass is 348 g/mol. The Kier molecular flexibility index (Phi) is 4.76. The van der Waals surface area contributed by atoms with Crippen molar-refractivity contribution in [2.45, 2.75) is 31.6 Å². The van der Waals surface area contributed by atoms with Crippen LogP contribution in [0.1, 0.15) is 24.0 Å². The molecule has 0 spiro atoms. The highest BCUT2D eigenvalue weighted by Gasteiger charge is 2.28. The summed E-state index contributed by atoms with van der Waals surface area (Å²) in [5.74, 6) is 0. The number of primary sulfonamides is 1. The average molecular weight is 348 g/mol. The van der Waals surface area contributed by atoms with Crippen molar-refractivity contribution in [3.8, 4) is 11.1 Å². The Labute approximate surface area is 143 Å². The Bertz CT molecular complexity index is 829. The molecule has 0 amide bonds. The van der Waals surface area contributed by atoms with Crippen LogP contribution in [0.4, 0.5) is 0 Å². The molecule has 1 aliphatic rings. The van der Waals surface area contributed by atoms with E-state index in [2.05, 4.69) is 35.1 Å². The van der Waals surface area contributed by atoms with Crippen LogP contribution in [-0.4, -0.2) is 41.4 Å².